The highest BCUT2D eigenvalue weighted by Crippen LogP contribution is 2.53. The third kappa shape index (κ3) is 2.77. The van der Waals surface area contributed by atoms with E-state index in [2.05, 4.69) is 6.07 Å². The molecule has 1 saturated carbocycles. The Bertz CT molecular complexity index is 901. The van der Waals surface area contributed by atoms with E-state index in [1.807, 2.05) is 29.0 Å². The molecule has 27 heavy (non-hydrogen) atoms. The van der Waals surface area contributed by atoms with E-state index in [9.17, 15) is 20.6 Å². The summed E-state index contributed by atoms with van der Waals surface area (Å²) in [6, 6.07) is 7.97. The van der Waals surface area contributed by atoms with Crippen molar-refractivity contribution in [3.8, 4) is 18.2 Å². The second-order valence-corrected chi connectivity index (χ2v) is 7.24. The lowest BCUT2D eigenvalue weighted by Gasteiger charge is -2.47. The molecular formula is C19H17N5O2S. The summed E-state index contributed by atoms with van der Waals surface area (Å²) in [5, 5.41) is 41.7. The standard InChI is InChI=1S/C19H17N5O2S/c1-2-26-18(25)24-5-3-13-14(7-20)17(23)19(10-21,11-22)16(15(13)8-24)12-4-6-27-9-12/h3-4,6,9,14-16,23H,2,5,8H2,1H3/t14?,15-,16+/m0/s1. The van der Waals surface area contributed by atoms with E-state index in [0.29, 0.717) is 5.57 Å². The predicted octanol–water partition coefficient (Wildman–Crippen LogP) is 3.05. The van der Waals surface area contributed by atoms with Crippen molar-refractivity contribution in [2.75, 3.05) is 19.7 Å². The Morgan fingerprint density at radius 1 is 1.44 bits per heavy atom. The minimum Gasteiger partial charge on any atom is -0.450 e. The summed E-state index contributed by atoms with van der Waals surface area (Å²) in [6.07, 6.45) is 1.30. The van der Waals surface area contributed by atoms with Gasteiger partial charge in [0.2, 0.25) is 0 Å². The van der Waals surface area contributed by atoms with Gasteiger partial charge in [-0.2, -0.15) is 27.1 Å². The molecular weight excluding hydrogens is 362 g/mol. The molecule has 0 saturated heterocycles. The van der Waals surface area contributed by atoms with Crippen molar-refractivity contribution in [1.29, 1.82) is 21.2 Å². The van der Waals surface area contributed by atoms with Gasteiger partial charge in [0, 0.05) is 24.9 Å². The quantitative estimate of drug-likeness (QED) is 0.791. The third-order valence-electron chi connectivity index (χ3n) is 5.22. The molecule has 0 radical (unpaired) electrons. The summed E-state index contributed by atoms with van der Waals surface area (Å²) in [7, 11) is 0. The topological polar surface area (TPSA) is 125 Å². The van der Waals surface area contributed by atoms with Crippen LogP contribution in [-0.2, 0) is 4.74 Å². The first-order chi connectivity index (χ1) is 13.0. The van der Waals surface area contributed by atoms with Crippen LogP contribution in [0, 0.1) is 56.7 Å². The lowest BCUT2D eigenvalue weighted by Crippen LogP contribution is -2.53. The summed E-state index contributed by atoms with van der Waals surface area (Å²) in [4.78, 5) is 13.7. The SMILES string of the molecule is CCOC(=O)N1CC=C2C(C#N)C(=N)C(C#N)(C#N)[C@H](c3ccsc3)[C@H]2C1. The molecule has 1 aromatic heterocycles. The molecule has 1 N–H and O–H groups in total. The number of rotatable bonds is 2. The van der Waals surface area contributed by atoms with Gasteiger partial charge in [-0.25, -0.2) is 4.79 Å². The first-order valence-corrected chi connectivity index (χ1v) is 9.43. The van der Waals surface area contributed by atoms with Crippen LogP contribution in [0.3, 0.4) is 0 Å². The molecule has 3 rings (SSSR count). The van der Waals surface area contributed by atoms with Crippen LogP contribution < -0.4 is 0 Å². The monoisotopic (exact) mass is 379 g/mol. The minimum atomic E-state index is -1.75. The van der Waals surface area contributed by atoms with Gasteiger partial charge in [-0.3, -0.25) is 0 Å². The Balaban J connectivity index is 2.15. The third-order valence-corrected chi connectivity index (χ3v) is 5.92. The maximum Gasteiger partial charge on any atom is 0.410 e. The van der Waals surface area contributed by atoms with Gasteiger partial charge in [-0.1, -0.05) is 6.08 Å². The molecule has 0 aromatic carbocycles. The maximum absolute atomic E-state index is 12.2. The smallest absolute Gasteiger partial charge is 0.410 e. The van der Waals surface area contributed by atoms with E-state index in [1.165, 1.54) is 16.2 Å². The van der Waals surface area contributed by atoms with Crippen molar-refractivity contribution in [2.24, 2.45) is 17.3 Å². The van der Waals surface area contributed by atoms with Crippen LogP contribution >= 0.6 is 11.3 Å². The van der Waals surface area contributed by atoms with Gasteiger partial charge in [0.1, 0.15) is 5.92 Å². The van der Waals surface area contributed by atoms with Crippen molar-refractivity contribution in [3.63, 3.8) is 0 Å². The fraction of sp³-hybridized carbons (Fsp3) is 0.421. The molecule has 2 aliphatic rings. The van der Waals surface area contributed by atoms with Crippen LogP contribution in [0.2, 0.25) is 0 Å². The van der Waals surface area contributed by atoms with Crippen molar-refractivity contribution >= 4 is 23.1 Å². The number of fused-ring (bicyclic) bond motifs is 1. The molecule has 7 nitrogen and oxygen atoms in total. The van der Waals surface area contributed by atoms with E-state index in [1.54, 1.807) is 13.0 Å². The number of nitrogens with zero attached hydrogens (tertiary/aromatic N) is 4. The molecule has 1 unspecified atom stereocenters. The average molecular weight is 379 g/mol. The fourth-order valence-corrected chi connectivity index (χ4v) is 4.70. The van der Waals surface area contributed by atoms with Crippen LogP contribution in [0.15, 0.2) is 28.5 Å². The Morgan fingerprint density at radius 2 is 2.19 bits per heavy atom. The highest BCUT2D eigenvalue weighted by atomic mass is 32.1. The molecule has 136 valence electrons. The van der Waals surface area contributed by atoms with Crippen LogP contribution in [0.1, 0.15) is 18.4 Å². The summed E-state index contributed by atoms with van der Waals surface area (Å²) in [6.45, 7) is 2.48. The van der Waals surface area contributed by atoms with Gasteiger partial charge >= 0.3 is 6.09 Å². The van der Waals surface area contributed by atoms with Gasteiger partial charge in [-0.05, 0) is 34.9 Å². The molecule has 1 aliphatic carbocycles. The van der Waals surface area contributed by atoms with E-state index in [4.69, 9.17) is 10.1 Å². The van der Waals surface area contributed by atoms with Gasteiger partial charge in [-0.15, -0.1) is 0 Å². The Kier molecular flexibility index (Phi) is 4.99. The van der Waals surface area contributed by atoms with Gasteiger partial charge in [0.15, 0.2) is 5.41 Å². The van der Waals surface area contributed by atoms with E-state index in [0.717, 1.165) is 5.56 Å². The number of hydrogen-bond acceptors (Lipinski definition) is 7. The van der Waals surface area contributed by atoms with Crippen LogP contribution in [0.25, 0.3) is 0 Å². The lowest BCUT2D eigenvalue weighted by molar-refractivity contribution is 0.0992. The molecule has 1 aliphatic heterocycles. The Morgan fingerprint density at radius 3 is 2.74 bits per heavy atom. The fourth-order valence-electron chi connectivity index (χ4n) is 4.00. The van der Waals surface area contributed by atoms with Gasteiger partial charge in [0.25, 0.3) is 0 Å². The molecule has 0 bridgehead atoms. The zero-order valence-corrected chi connectivity index (χ0v) is 15.5. The van der Waals surface area contributed by atoms with Crippen molar-refractivity contribution in [3.05, 3.63) is 34.0 Å². The van der Waals surface area contributed by atoms with Gasteiger partial charge in [0.05, 0.1) is 30.5 Å². The molecule has 1 amide bonds. The zero-order valence-electron chi connectivity index (χ0n) is 14.7. The first-order valence-electron chi connectivity index (χ1n) is 8.48. The van der Waals surface area contributed by atoms with E-state index in [-0.39, 0.29) is 25.4 Å². The summed E-state index contributed by atoms with van der Waals surface area (Å²) >= 11 is 1.44. The van der Waals surface area contributed by atoms with Crippen LogP contribution in [-0.4, -0.2) is 36.4 Å². The number of carbonyl (C=O) groups is 1. The minimum absolute atomic E-state index is 0.182. The normalized spacial score (nSPS) is 26.0. The summed E-state index contributed by atoms with van der Waals surface area (Å²) in [5.41, 5.74) is -0.453. The van der Waals surface area contributed by atoms with E-state index < -0.39 is 29.3 Å². The summed E-state index contributed by atoms with van der Waals surface area (Å²) in [5.74, 6) is -1.97. The number of ether oxygens (including phenoxy) is 1. The number of amides is 1. The Labute approximate surface area is 161 Å². The largest absolute Gasteiger partial charge is 0.450 e. The number of thiophene rings is 1. The summed E-state index contributed by atoms with van der Waals surface area (Å²) < 4.78 is 5.09. The molecule has 0 spiro atoms. The van der Waals surface area contributed by atoms with Crippen molar-refractivity contribution in [2.45, 2.75) is 12.8 Å². The number of carbonyl (C=O) groups excluding carboxylic acids is 1. The van der Waals surface area contributed by atoms with Gasteiger partial charge < -0.3 is 15.0 Å². The highest BCUT2D eigenvalue weighted by Gasteiger charge is 2.58. The molecule has 8 heteroatoms. The van der Waals surface area contributed by atoms with E-state index >= 15 is 0 Å². The molecule has 3 atom stereocenters. The predicted molar refractivity (Wildman–Crippen MR) is 97.7 cm³/mol. The maximum atomic E-state index is 12.2. The van der Waals surface area contributed by atoms with Crippen LogP contribution in [0.4, 0.5) is 4.79 Å². The molecule has 1 fully saturated rings. The second-order valence-electron chi connectivity index (χ2n) is 6.46. The highest BCUT2D eigenvalue weighted by molar-refractivity contribution is 7.08. The molecule has 1 aromatic rings. The van der Waals surface area contributed by atoms with Crippen LogP contribution in [0.5, 0.6) is 0 Å². The number of hydrogen-bond donors (Lipinski definition) is 1. The number of nitrogens with one attached hydrogen (secondary N) is 1. The zero-order chi connectivity index (χ0) is 19.6. The molecule has 2 heterocycles. The average Bonchev–Trinajstić information content (AvgIpc) is 3.21. The Hall–Kier alpha value is -3.15. The lowest BCUT2D eigenvalue weighted by atomic mass is 9.54. The van der Waals surface area contributed by atoms with Crippen molar-refractivity contribution in [1.82, 2.24) is 4.90 Å². The number of nitriles is 3. The first kappa shape index (κ1) is 18.6. The van der Waals surface area contributed by atoms with Crippen molar-refractivity contribution < 1.29 is 9.53 Å². The second kappa shape index (κ2) is 7.23.